The van der Waals surface area contributed by atoms with E-state index in [-0.39, 0.29) is 6.54 Å². The van der Waals surface area contributed by atoms with Crippen LogP contribution in [0.25, 0.3) is 0 Å². The summed E-state index contributed by atoms with van der Waals surface area (Å²) in [6.07, 6.45) is 2.76. The SMILES string of the molecule is CCCN(CC(=O)O)Cc1ccc(C)nc1. The lowest BCUT2D eigenvalue weighted by Gasteiger charge is -2.19. The van der Waals surface area contributed by atoms with Gasteiger partial charge in [-0.05, 0) is 31.5 Å². The van der Waals surface area contributed by atoms with Crippen molar-refractivity contribution in [3.05, 3.63) is 29.6 Å². The summed E-state index contributed by atoms with van der Waals surface area (Å²) in [5.74, 6) is -0.784. The zero-order valence-corrected chi connectivity index (χ0v) is 9.81. The minimum absolute atomic E-state index is 0.0850. The molecule has 0 aliphatic carbocycles. The van der Waals surface area contributed by atoms with E-state index in [0.717, 1.165) is 24.2 Å². The summed E-state index contributed by atoms with van der Waals surface area (Å²) in [4.78, 5) is 16.8. The average Bonchev–Trinajstić information content (AvgIpc) is 2.21. The molecular weight excluding hydrogens is 204 g/mol. The number of carboxylic acid groups (broad SMARTS) is 1. The first kappa shape index (κ1) is 12.6. The van der Waals surface area contributed by atoms with Gasteiger partial charge >= 0.3 is 5.97 Å². The van der Waals surface area contributed by atoms with E-state index in [1.165, 1.54) is 0 Å². The van der Waals surface area contributed by atoms with E-state index >= 15 is 0 Å². The number of rotatable bonds is 6. The van der Waals surface area contributed by atoms with E-state index in [1.54, 1.807) is 6.20 Å². The summed E-state index contributed by atoms with van der Waals surface area (Å²) in [7, 11) is 0. The molecule has 0 saturated carbocycles. The lowest BCUT2D eigenvalue weighted by Crippen LogP contribution is -2.30. The number of carbonyl (C=O) groups is 1. The highest BCUT2D eigenvalue weighted by molar-refractivity contribution is 5.69. The van der Waals surface area contributed by atoms with Gasteiger partial charge in [0.2, 0.25) is 0 Å². The Balaban J connectivity index is 2.59. The maximum atomic E-state index is 10.7. The van der Waals surface area contributed by atoms with Crippen LogP contribution in [0.4, 0.5) is 0 Å². The Kier molecular flexibility index (Phi) is 4.92. The molecule has 0 aromatic carbocycles. The summed E-state index contributed by atoms with van der Waals surface area (Å²) >= 11 is 0. The maximum Gasteiger partial charge on any atom is 0.317 e. The Bertz CT molecular complexity index is 335. The second-order valence-electron chi connectivity index (χ2n) is 3.91. The fourth-order valence-corrected chi connectivity index (χ4v) is 1.57. The topological polar surface area (TPSA) is 53.4 Å². The molecule has 0 aliphatic heterocycles. The van der Waals surface area contributed by atoms with Crippen LogP contribution in [0.5, 0.6) is 0 Å². The molecule has 0 aliphatic rings. The van der Waals surface area contributed by atoms with Gasteiger partial charge < -0.3 is 5.11 Å². The minimum atomic E-state index is -0.784. The average molecular weight is 222 g/mol. The van der Waals surface area contributed by atoms with E-state index in [4.69, 9.17) is 5.11 Å². The van der Waals surface area contributed by atoms with Crippen LogP contribution < -0.4 is 0 Å². The van der Waals surface area contributed by atoms with Crippen LogP contribution in [-0.4, -0.2) is 34.0 Å². The molecular formula is C12H18N2O2. The number of hydrogen-bond acceptors (Lipinski definition) is 3. The quantitative estimate of drug-likeness (QED) is 0.795. The van der Waals surface area contributed by atoms with Crippen LogP contribution in [0.1, 0.15) is 24.6 Å². The monoisotopic (exact) mass is 222 g/mol. The maximum absolute atomic E-state index is 10.7. The van der Waals surface area contributed by atoms with Gasteiger partial charge in [-0.3, -0.25) is 14.7 Å². The summed E-state index contributed by atoms with van der Waals surface area (Å²) in [5.41, 5.74) is 2.03. The fraction of sp³-hybridized carbons (Fsp3) is 0.500. The standard InChI is InChI=1S/C12H18N2O2/c1-3-6-14(9-12(15)16)8-11-5-4-10(2)13-7-11/h4-5,7H,3,6,8-9H2,1-2H3,(H,15,16). The number of aromatic nitrogens is 1. The van der Waals surface area contributed by atoms with Gasteiger partial charge in [-0.25, -0.2) is 0 Å². The van der Waals surface area contributed by atoms with Crippen molar-refractivity contribution in [1.82, 2.24) is 9.88 Å². The van der Waals surface area contributed by atoms with Gasteiger partial charge in [0.05, 0.1) is 6.54 Å². The van der Waals surface area contributed by atoms with E-state index in [9.17, 15) is 4.79 Å². The highest BCUT2D eigenvalue weighted by atomic mass is 16.4. The number of hydrogen-bond donors (Lipinski definition) is 1. The zero-order chi connectivity index (χ0) is 12.0. The predicted octanol–water partition coefficient (Wildman–Crippen LogP) is 1.69. The molecule has 1 heterocycles. The van der Waals surface area contributed by atoms with Crippen LogP contribution in [0.15, 0.2) is 18.3 Å². The Hall–Kier alpha value is -1.42. The number of pyridine rings is 1. The van der Waals surface area contributed by atoms with Crippen molar-refractivity contribution in [1.29, 1.82) is 0 Å². The molecule has 0 spiro atoms. The summed E-state index contributed by atoms with van der Waals surface area (Å²) in [6, 6.07) is 3.94. The first-order valence-electron chi connectivity index (χ1n) is 5.47. The molecule has 4 nitrogen and oxygen atoms in total. The molecule has 0 atom stereocenters. The predicted molar refractivity (Wildman–Crippen MR) is 62.2 cm³/mol. The summed E-state index contributed by atoms with van der Waals surface area (Å²) in [6.45, 7) is 5.50. The van der Waals surface area contributed by atoms with Crippen molar-refractivity contribution in [2.75, 3.05) is 13.1 Å². The molecule has 0 amide bonds. The molecule has 4 heteroatoms. The van der Waals surface area contributed by atoms with Crippen molar-refractivity contribution in [3.8, 4) is 0 Å². The molecule has 0 radical (unpaired) electrons. The highest BCUT2D eigenvalue weighted by Gasteiger charge is 2.09. The minimum Gasteiger partial charge on any atom is -0.480 e. The molecule has 1 aromatic heterocycles. The van der Waals surface area contributed by atoms with Gasteiger partial charge in [0, 0.05) is 18.4 Å². The molecule has 0 bridgehead atoms. The van der Waals surface area contributed by atoms with E-state index in [0.29, 0.717) is 6.54 Å². The van der Waals surface area contributed by atoms with Crippen molar-refractivity contribution in [2.24, 2.45) is 0 Å². The Morgan fingerprint density at radius 1 is 1.50 bits per heavy atom. The second kappa shape index (κ2) is 6.23. The number of carboxylic acids is 1. The van der Waals surface area contributed by atoms with Gasteiger partial charge in [-0.2, -0.15) is 0 Å². The number of nitrogens with zero attached hydrogens (tertiary/aromatic N) is 2. The number of aryl methyl sites for hydroxylation is 1. The summed E-state index contributed by atoms with van der Waals surface area (Å²) < 4.78 is 0. The number of aliphatic carboxylic acids is 1. The van der Waals surface area contributed by atoms with Crippen LogP contribution in [-0.2, 0) is 11.3 Å². The fourth-order valence-electron chi connectivity index (χ4n) is 1.57. The lowest BCUT2D eigenvalue weighted by atomic mass is 10.2. The largest absolute Gasteiger partial charge is 0.480 e. The summed E-state index contributed by atoms with van der Waals surface area (Å²) in [5, 5.41) is 8.78. The van der Waals surface area contributed by atoms with Gasteiger partial charge in [0.1, 0.15) is 0 Å². The zero-order valence-electron chi connectivity index (χ0n) is 9.81. The van der Waals surface area contributed by atoms with Crippen molar-refractivity contribution in [2.45, 2.75) is 26.8 Å². The van der Waals surface area contributed by atoms with E-state index in [2.05, 4.69) is 4.98 Å². The molecule has 88 valence electrons. The second-order valence-corrected chi connectivity index (χ2v) is 3.91. The van der Waals surface area contributed by atoms with E-state index in [1.807, 2.05) is 30.9 Å². The molecule has 16 heavy (non-hydrogen) atoms. The molecule has 1 rings (SSSR count). The third kappa shape index (κ3) is 4.40. The smallest absolute Gasteiger partial charge is 0.317 e. The molecule has 0 saturated heterocycles. The first-order chi connectivity index (χ1) is 7.61. The van der Waals surface area contributed by atoms with Gasteiger partial charge in [-0.1, -0.05) is 13.0 Å². The van der Waals surface area contributed by atoms with Crippen molar-refractivity contribution in [3.63, 3.8) is 0 Å². The van der Waals surface area contributed by atoms with Crippen LogP contribution in [0, 0.1) is 6.92 Å². The molecule has 0 unspecified atom stereocenters. The van der Waals surface area contributed by atoms with Crippen LogP contribution >= 0.6 is 0 Å². The highest BCUT2D eigenvalue weighted by Crippen LogP contribution is 2.05. The molecule has 1 N–H and O–H groups in total. The third-order valence-corrected chi connectivity index (χ3v) is 2.28. The molecule has 1 aromatic rings. The van der Waals surface area contributed by atoms with Gasteiger partial charge in [0.15, 0.2) is 0 Å². The van der Waals surface area contributed by atoms with Gasteiger partial charge in [-0.15, -0.1) is 0 Å². The van der Waals surface area contributed by atoms with Crippen LogP contribution in [0.2, 0.25) is 0 Å². The van der Waals surface area contributed by atoms with Crippen molar-refractivity contribution < 1.29 is 9.90 Å². The first-order valence-corrected chi connectivity index (χ1v) is 5.47. The van der Waals surface area contributed by atoms with Crippen LogP contribution in [0.3, 0.4) is 0 Å². The van der Waals surface area contributed by atoms with Gasteiger partial charge in [0.25, 0.3) is 0 Å². The Morgan fingerprint density at radius 3 is 2.75 bits per heavy atom. The Labute approximate surface area is 95.9 Å². The molecule has 0 fully saturated rings. The Morgan fingerprint density at radius 2 is 2.25 bits per heavy atom. The third-order valence-electron chi connectivity index (χ3n) is 2.28. The van der Waals surface area contributed by atoms with E-state index < -0.39 is 5.97 Å². The normalized spacial score (nSPS) is 10.7. The van der Waals surface area contributed by atoms with Crippen molar-refractivity contribution >= 4 is 5.97 Å². The lowest BCUT2D eigenvalue weighted by molar-refractivity contribution is -0.138.